The minimum absolute atomic E-state index is 0.0629. The topological polar surface area (TPSA) is 110 Å². The van der Waals surface area contributed by atoms with Crippen LogP contribution in [0, 0.1) is 5.92 Å². The normalized spacial score (nSPS) is 17.3. The summed E-state index contributed by atoms with van der Waals surface area (Å²) >= 11 is 0. The van der Waals surface area contributed by atoms with Crippen molar-refractivity contribution in [2.24, 2.45) is 5.92 Å². The van der Waals surface area contributed by atoms with E-state index in [9.17, 15) is 19.5 Å². The van der Waals surface area contributed by atoms with E-state index >= 15 is 0 Å². The fourth-order valence-electron chi connectivity index (χ4n) is 4.51. The Balaban J connectivity index is 1.78. The summed E-state index contributed by atoms with van der Waals surface area (Å²) in [7, 11) is 1.28. The largest absolute Gasteiger partial charge is 0.507 e. The van der Waals surface area contributed by atoms with Gasteiger partial charge in [-0.1, -0.05) is 56.1 Å². The van der Waals surface area contributed by atoms with E-state index in [1.54, 1.807) is 18.2 Å². The molecule has 0 bridgehead atoms. The van der Waals surface area contributed by atoms with E-state index in [4.69, 9.17) is 9.26 Å². The van der Waals surface area contributed by atoms with E-state index in [-0.39, 0.29) is 17.3 Å². The maximum Gasteiger partial charge on any atom is 0.337 e. The number of rotatable bonds is 7. The van der Waals surface area contributed by atoms with Gasteiger partial charge in [-0.05, 0) is 30.2 Å². The molecule has 8 heteroatoms. The van der Waals surface area contributed by atoms with Gasteiger partial charge in [-0.3, -0.25) is 14.5 Å². The van der Waals surface area contributed by atoms with Crippen molar-refractivity contribution in [3.63, 3.8) is 0 Å². The standard InChI is InChI=1S/C27H26N2O6/c1-4-16(5-2)23-22(24(30)18-6-8-19(9-7-18)27(33)34-3)25(31)26(32)29(23)20-12-10-17(11-13-20)21-14-15-35-28-21/h6-16,23,30H,4-5H2,1-3H3/b24-22-. The van der Waals surface area contributed by atoms with Crippen LogP contribution in [0.1, 0.15) is 42.6 Å². The molecular weight excluding hydrogens is 448 g/mol. The van der Waals surface area contributed by atoms with Gasteiger partial charge >= 0.3 is 5.97 Å². The smallest absolute Gasteiger partial charge is 0.337 e. The van der Waals surface area contributed by atoms with Gasteiger partial charge < -0.3 is 14.4 Å². The number of esters is 1. The van der Waals surface area contributed by atoms with Gasteiger partial charge in [-0.25, -0.2) is 4.79 Å². The Bertz CT molecular complexity index is 1260. The average Bonchev–Trinajstić information content (AvgIpc) is 3.52. The number of ether oxygens (including phenoxy) is 1. The highest BCUT2D eigenvalue weighted by atomic mass is 16.5. The molecule has 1 atom stereocenters. The number of Topliss-reactive ketones (excluding diaryl/α,β-unsaturated/α-hetero) is 1. The first-order chi connectivity index (χ1) is 16.9. The van der Waals surface area contributed by atoms with Crippen molar-refractivity contribution in [2.75, 3.05) is 12.0 Å². The number of hydrogen-bond donors (Lipinski definition) is 1. The van der Waals surface area contributed by atoms with Gasteiger partial charge in [-0.2, -0.15) is 0 Å². The molecule has 1 aromatic heterocycles. The lowest BCUT2D eigenvalue weighted by Crippen LogP contribution is -2.39. The third kappa shape index (κ3) is 4.35. The number of benzene rings is 2. The molecular formula is C27H26N2O6. The fraction of sp³-hybridized carbons (Fsp3) is 0.259. The number of hydrogen-bond acceptors (Lipinski definition) is 7. The van der Waals surface area contributed by atoms with Gasteiger partial charge in [0.2, 0.25) is 0 Å². The maximum absolute atomic E-state index is 13.2. The summed E-state index contributed by atoms with van der Waals surface area (Å²) < 4.78 is 9.61. The van der Waals surface area contributed by atoms with Gasteiger partial charge in [-0.15, -0.1) is 0 Å². The highest BCUT2D eigenvalue weighted by molar-refractivity contribution is 6.51. The third-order valence-electron chi connectivity index (χ3n) is 6.44. The summed E-state index contributed by atoms with van der Waals surface area (Å²) in [6.07, 6.45) is 2.88. The third-order valence-corrected chi connectivity index (χ3v) is 6.44. The summed E-state index contributed by atoms with van der Waals surface area (Å²) in [4.78, 5) is 39.7. The van der Waals surface area contributed by atoms with Crippen molar-refractivity contribution >= 4 is 29.1 Å². The van der Waals surface area contributed by atoms with Gasteiger partial charge in [0.05, 0.1) is 24.3 Å². The van der Waals surface area contributed by atoms with Crippen LogP contribution in [0.25, 0.3) is 17.0 Å². The van der Waals surface area contributed by atoms with Crippen LogP contribution < -0.4 is 4.90 Å². The first-order valence-corrected chi connectivity index (χ1v) is 11.4. The Labute approximate surface area is 202 Å². The second-order valence-electron chi connectivity index (χ2n) is 8.29. The van der Waals surface area contributed by atoms with Crippen LogP contribution >= 0.6 is 0 Å². The molecule has 180 valence electrons. The van der Waals surface area contributed by atoms with Crippen LogP contribution in [-0.2, 0) is 14.3 Å². The van der Waals surface area contributed by atoms with Crippen molar-refractivity contribution in [3.8, 4) is 11.3 Å². The molecule has 1 aliphatic heterocycles. The zero-order valence-corrected chi connectivity index (χ0v) is 19.7. The van der Waals surface area contributed by atoms with Crippen molar-refractivity contribution in [1.82, 2.24) is 5.16 Å². The monoisotopic (exact) mass is 474 g/mol. The lowest BCUT2D eigenvalue weighted by Gasteiger charge is -2.31. The lowest BCUT2D eigenvalue weighted by molar-refractivity contribution is -0.132. The molecule has 0 saturated carbocycles. The number of aliphatic hydroxyl groups excluding tert-OH is 1. The minimum Gasteiger partial charge on any atom is -0.507 e. The summed E-state index contributed by atoms with van der Waals surface area (Å²) in [6.45, 7) is 3.99. The number of amides is 1. The minimum atomic E-state index is -0.739. The number of aliphatic hydroxyl groups is 1. The number of methoxy groups -OCH3 is 1. The number of carbonyl (C=O) groups excluding carboxylic acids is 3. The molecule has 4 rings (SSSR count). The SMILES string of the molecule is CCC(CC)C1/C(=C(/O)c2ccc(C(=O)OC)cc2)C(=O)C(=O)N1c1ccc(-c2ccon2)cc1. The Morgan fingerprint density at radius 3 is 2.20 bits per heavy atom. The Hall–Kier alpha value is -4.20. The molecule has 1 fully saturated rings. The van der Waals surface area contributed by atoms with Gasteiger partial charge in [0.1, 0.15) is 17.7 Å². The van der Waals surface area contributed by atoms with Crippen LogP contribution in [0.2, 0.25) is 0 Å². The van der Waals surface area contributed by atoms with E-state index in [1.165, 1.54) is 42.5 Å². The number of aromatic nitrogens is 1. The van der Waals surface area contributed by atoms with Gasteiger partial charge in [0, 0.05) is 22.9 Å². The number of nitrogens with zero attached hydrogens (tertiary/aromatic N) is 2. The molecule has 0 spiro atoms. The quantitative estimate of drug-likeness (QED) is 0.226. The van der Waals surface area contributed by atoms with Crippen molar-refractivity contribution < 1.29 is 28.8 Å². The molecule has 1 amide bonds. The highest BCUT2D eigenvalue weighted by Crippen LogP contribution is 2.39. The predicted molar refractivity (Wildman–Crippen MR) is 130 cm³/mol. The molecule has 8 nitrogen and oxygen atoms in total. The Morgan fingerprint density at radius 1 is 1.03 bits per heavy atom. The van der Waals surface area contributed by atoms with Gasteiger partial charge in [0.15, 0.2) is 0 Å². The molecule has 1 unspecified atom stereocenters. The zero-order chi connectivity index (χ0) is 25.1. The molecule has 35 heavy (non-hydrogen) atoms. The van der Waals surface area contributed by atoms with Crippen LogP contribution in [0.5, 0.6) is 0 Å². The van der Waals surface area contributed by atoms with E-state index in [2.05, 4.69) is 5.16 Å². The van der Waals surface area contributed by atoms with Crippen LogP contribution in [0.4, 0.5) is 5.69 Å². The summed E-state index contributed by atoms with van der Waals surface area (Å²) in [5, 5.41) is 15.1. The molecule has 3 aromatic rings. The molecule has 1 saturated heterocycles. The molecule has 0 radical (unpaired) electrons. The summed E-state index contributed by atoms with van der Waals surface area (Å²) in [6, 6.07) is 14.3. The molecule has 1 aliphatic rings. The van der Waals surface area contributed by atoms with Gasteiger partial charge in [0.25, 0.3) is 11.7 Å². The van der Waals surface area contributed by atoms with Crippen LogP contribution in [-0.4, -0.2) is 41.1 Å². The first-order valence-electron chi connectivity index (χ1n) is 11.4. The van der Waals surface area contributed by atoms with Crippen molar-refractivity contribution in [1.29, 1.82) is 0 Å². The predicted octanol–water partition coefficient (Wildman–Crippen LogP) is 4.82. The van der Waals surface area contributed by atoms with Crippen LogP contribution in [0.3, 0.4) is 0 Å². The summed E-state index contributed by atoms with van der Waals surface area (Å²) in [5.74, 6) is -2.27. The van der Waals surface area contributed by atoms with Crippen LogP contribution in [0.15, 0.2) is 71.0 Å². The Kier molecular flexibility index (Phi) is 6.82. The molecule has 2 heterocycles. The van der Waals surface area contributed by atoms with Crippen molar-refractivity contribution in [2.45, 2.75) is 32.7 Å². The number of ketones is 1. The second-order valence-corrected chi connectivity index (χ2v) is 8.29. The molecule has 0 aliphatic carbocycles. The highest BCUT2D eigenvalue weighted by Gasteiger charge is 2.48. The van der Waals surface area contributed by atoms with E-state index in [0.29, 0.717) is 35.3 Å². The maximum atomic E-state index is 13.2. The Morgan fingerprint density at radius 2 is 1.66 bits per heavy atom. The van der Waals surface area contributed by atoms with Crippen molar-refractivity contribution in [3.05, 3.63) is 77.6 Å². The van der Waals surface area contributed by atoms with E-state index < -0.39 is 23.7 Å². The molecule has 2 aromatic carbocycles. The number of anilines is 1. The zero-order valence-electron chi connectivity index (χ0n) is 19.7. The number of carbonyl (C=O) groups is 3. The lowest BCUT2D eigenvalue weighted by atomic mass is 9.87. The summed E-state index contributed by atoms with van der Waals surface area (Å²) in [5.41, 5.74) is 2.74. The second kappa shape index (κ2) is 9.97. The first kappa shape index (κ1) is 23.9. The fourth-order valence-corrected chi connectivity index (χ4v) is 4.51. The van der Waals surface area contributed by atoms with E-state index in [1.807, 2.05) is 26.0 Å². The van der Waals surface area contributed by atoms with E-state index in [0.717, 1.165) is 5.56 Å². The molecule has 1 N–H and O–H groups in total. The average molecular weight is 475 g/mol.